The van der Waals surface area contributed by atoms with Crippen molar-refractivity contribution in [2.75, 3.05) is 26.2 Å². The monoisotopic (exact) mass is 478 g/mol. The summed E-state index contributed by atoms with van der Waals surface area (Å²) in [6, 6.07) is 14.5. The number of rotatable bonds is 9. The Balaban J connectivity index is 1.86. The van der Waals surface area contributed by atoms with Gasteiger partial charge in [0.05, 0.1) is 27.6 Å². The van der Waals surface area contributed by atoms with E-state index in [9.17, 15) is 9.59 Å². The van der Waals surface area contributed by atoms with Gasteiger partial charge in [-0.1, -0.05) is 25.0 Å². The van der Waals surface area contributed by atoms with Crippen molar-refractivity contribution < 1.29 is 28.2 Å². The van der Waals surface area contributed by atoms with Crippen molar-refractivity contribution in [1.29, 1.82) is 0 Å². The van der Waals surface area contributed by atoms with Crippen LogP contribution in [0.25, 0.3) is 0 Å². The molecule has 0 radical (unpaired) electrons. The van der Waals surface area contributed by atoms with Crippen molar-refractivity contribution in [1.82, 2.24) is 5.32 Å². The lowest BCUT2D eigenvalue weighted by Gasteiger charge is -2.32. The lowest BCUT2D eigenvalue weighted by Crippen LogP contribution is -2.46. The maximum absolute atomic E-state index is 13.9. The molecule has 0 spiro atoms. The van der Waals surface area contributed by atoms with Crippen molar-refractivity contribution in [2.45, 2.75) is 37.8 Å². The number of nitrogens with one attached hydrogen (secondary N) is 1. The standard InChI is InChI=1S/C27H30N2O6/c1-32-21-11-6-10-20(17-21)29(27(31)23-12-7-15-35-23)25(26(30)28-19-8-4-5-9-19)18-13-14-22(33-2)24(16-18)34-3/h6-7,10-17,19,25H,4-5,8-9H2,1-3H3,(H,28,30)/t25-/m0/s1. The van der Waals surface area contributed by atoms with Gasteiger partial charge in [0.2, 0.25) is 5.91 Å². The van der Waals surface area contributed by atoms with Crippen LogP contribution in [0.4, 0.5) is 5.69 Å². The molecule has 8 heteroatoms. The fourth-order valence-electron chi connectivity index (χ4n) is 4.45. The van der Waals surface area contributed by atoms with E-state index in [2.05, 4.69) is 5.32 Å². The zero-order valence-corrected chi connectivity index (χ0v) is 20.2. The number of methoxy groups -OCH3 is 3. The van der Waals surface area contributed by atoms with E-state index in [0.717, 1.165) is 25.7 Å². The molecule has 1 aromatic heterocycles. The van der Waals surface area contributed by atoms with E-state index in [0.29, 0.717) is 28.5 Å². The quantitative estimate of drug-likeness (QED) is 0.477. The summed E-state index contributed by atoms with van der Waals surface area (Å²) in [5.41, 5.74) is 1.06. The summed E-state index contributed by atoms with van der Waals surface area (Å²) in [4.78, 5) is 29.1. The lowest BCUT2D eigenvalue weighted by molar-refractivity contribution is -0.123. The molecule has 1 aliphatic carbocycles. The average molecular weight is 479 g/mol. The lowest BCUT2D eigenvalue weighted by atomic mass is 10.0. The Bertz CT molecular complexity index is 1150. The number of carbonyl (C=O) groups excluding carboxylic acids is 2. The predicted molar refractivity (Wildman–Crippen MR) is 131 cm³/mol. The molecule has 4 rings (SSSR count). The van der Waals surface area contributed by atoms with Crippen LogP contribution < -0.4 is 24.4 Å². The number of carbonyl (C=O) groups is 2. The van der Waals surface area contributed by atoms with Crippen LogP contribution in [0, 0.1) is 0 Å². The fraction of sp³-hybridized carbons (Fsp3) is 0.333. The Hall–Kier alpha value is -3.94. The van der Waals surface area contributed by atoms with E-state index in [1.54, 1.807) is 68.8 Å². The van der Waals surface area contributed by atoms with Gasteiger partial charge in [-0.25, -0.2) is 0 Å². The second-order valence-electron chi connectivity index (χ2n) is 8.36. The van der Waals surface area contributed by atoms with Crippen LogP contribution in [-0.4, -0.2) is 39.2 Å². The summed E-state index contributed by atoms with van der Waals surface area (Å²) >= 11 is 0. The first-order valence-electron chi connectivity index (χ1n) is 11.6. The van der Waals surface area contributed by atoms with Gasteiger partial charge in [0.25, 0.3) is 5.91 Å². The van der Waals surface area contributed by atoms with Gasteiger partial charge >= 0.3 is 0 Å². The number of hydrogen-bond acceptors (Lipinski definition) is 6. The van der Waals surface area contributed by atoms with Crippen molar-refractivity contribution in [3.63, 3.8) is 0 Å². The van der Waals surface area contributed by atoms with Gasteiger partial charge in [-0.05, 0) is 54.8 Å². The molecule has 1 N–H and O–H groups in total. The highest BCUT2D eigenvalue weighted by atomic mass is 16.5. The molecule has 1 aliphatic rings. The third kappa shape index (κ3) is 5.26. The Morgan fingerprint density at radius 2 is 1.71 bits per heavy atom. The zero-order valence-electron chi connectivity index (χ0n) is 20.2. The molecular weight excluding hydrogens is 448 g/mol. The smallest absolute Gasteiger partial charge is 0.294 e. The van der Waals surface area contributed by atoms with Crippen LogP contribution >= 0.6 is 0 Å². The highest BCUT2D eigenvalue weighted by molar-refractivity contribution is 6.08. The minimum Gasteiger partial charge on any atom is -0.497 e. The third-order valence-corrected chi connectivity index (χ3v) is 6.21. The van der Waals surface area contributed by atoms with Crippen LogP contribution in [-0.2, 0) is 4.79 Å². The van der Waals surface area contributed by atoms with E-state index in [1.807, 2.05) is 0 Å². The van der Waals surface area contributed by atoms with Crippen LogP contribution in [0.3, 0.4) is 0 Å². The van der Waals surface area contributed by atoms with E-state index in [-0.39, 0.29) is 17.7 Å². The van der Waals surface area contributed by atoms with Gasteiger partial charge in [-0.2, -0.15) is 0 Å². The summed E-state index contributed by atoms with van der Waals surface area (Å²) in [6.45, 7) is 0. The van der Waals surface area contributed by atoms with E-state index < -0.39 is 11.9 Å². The number of anilines is 1. The Kier molecular flexibility index (Phi) is 7.60. The van der Waals surface area contributed by atoms with E-state index in [1.165, 1.54) is 18.3 Å². The molecule has 2 aromatic carbocycles. The molecule has 1 heterocycles. The highest BCUT2D eigenvalue weighted by Gasteiger charge is 2.36. The fourth-order valence-corrected chi connectivity index (χ4v) is 4.45. The van der Waals surface area contributed by atoms with Crippen LogP contribution in [0.2, 0.25) is 0 Å². The van der Waals surface area contributed by atoms with E-state index >= 15 is 0 Å². The average Bonchev–Trinajstić information content (AvgIpc) is 3.61. The molecule has 35 heavy (non-hydrogen) atoms. The molecule has 0 unspecified atom stereocenters. The van der Waals surface area contributed by atoms with Crippen molar-refractivity contribution in [3.05, 3.63) is 72.2 Å². The number of furan rings is 1. The second-order valence-corrected chi connectivity index (χ2v) is 8.36. The molecule has 3 aromatic rings. The minimum absolute atomic E-state index is 0.0658. The molecule has 0 aliphatic heterocycles. The molecule has 0 bridgehead atoms. The Morgan fingerprint density at radius 3 is 2.37 bits per heavy atom. The summed E-state index contributed by atoms with van der Waals surface area (Å²) in [5, 5.41) is 3.16. The first-order valence-corrected chi connectivity index (χ1v) is 11.6. The van der Waals surface area contributed by atoms with Gasteiger partial charge in [0.1, 0.15) is 11.8 Å². The van der Waals surface area contributed by atoms with Gasteiger partial charge in [-0.15, -0.1) is 0 Å². The molecule has 0 saturated heterocycles. The molecule has 2 amide bonds. The summed E-state index contributed by atoms with van der Waals surface area (Å²) in [7, 11) is 4.63. The first kappa shape index (κ1) is 24.2. The molecule has 184 valence electrons. The summed E-state index contributed by atoms with van der Waals surface area (Å²) in [6.07, 6.45) is 5.39. The summed E-state index contributed by atoms with van der Waals surface area (Å²) in [5.74, 6) is 0.918. The predicted octanol–water partition coefficient (Wildman–Crippen LogP) is 4.75. The normalized spacial score (nSPS) is 14.3. The van der Waals surface area contributed by atoms with Crippen LogP contribution in [0.15, 0.2) is 65.3 Å². The van der Waals surface area contributed by atoms with E-state index in [4.69, 9.17) is 18.6 Å². The minimum atomic E-state index is -1.000. The maximum Gasteiger partial charge on any atom is 0.294 e. The molecule has 8 nitrogen and oxygen atoms in total. The number of ether oxygens (including phenoxy) is 3. The number of benzene rings is 2. The van der Waals surface area contributed by atoms with Crippen molar-refractivity contribution >= 4 is 17.5 Å². The number of nitrogens with zero attached hydrogens (tertiary/aromatic N) is 1. The first-order chi connectivity index (χ1) is 17.0. The largest absolute Gasteiger partial charge is 0.497 e. The molecule has 1 atom stereocenters. The van der Waals surface area contributed by atoms with Crippen molar-refractivity contribution in [2.24, 2.45) is 0 Å². The zero-order chi connectivity index (χ0) is 24.8. The van der Waals surface area contributed by atoms with Gasteiger partial charge < -0.3 is 23.9 Å². The Labute approximate surface area is 204 Å². The summed E-state index contributed by atoms with van der Waals surface area (Å²) < 4.78 is 21.7. The molecule has 1 saturated carbocycles. The topological polar surface area (TPSA) is 90.2 Å². The molecular formula is C27H30N2O6. The van der Waals surface area contributed by atoms with Gasteiger partial charge in [0, 0.05) is 17.8 Å². The second kappa shape index (κ2) is 11.0. The highest BCUT2D eigenvalue weighted by Crippen LogP contribution is 2.36. The number of hydrogen-bond donors (Lipinski definition) is 1. The third-order valence-electron chi connectivity index (χ3n) is 6.21. The van der Waals surface area contributed by atoms with Crippen molar-refractivity contribution in [3.8, 4) is 17.2 Å². The SMILES string of the molecule is COc1cccc(N(C(=O)c2ccco2)[C@H](C(=O)NC2CCCC2)c2ccc(OC)c(OC)c2)c1. The Morgan fingerprint density at radius 1 is 0.943 bits per heavy atom. The van der Waals surface area contributed by atoms with Crippen LogP contribution in [0.1, 0.15) is 47.8 Å². The maximum atomic E-state index is 13.9. The van der Waals surface area contributed by atoms with Gasteiger partial charge in [-0.3, -0.25) is 14.5 Å². The number of amides is 2. The molecule has 1 fully saturated rings. The van der Waals surface area contributed by atoms with Gasteiger partial charge in [0.15, 0.2) is 17.3 Å². The van der Waals surface area contributed by atoms with Crippen LogP contribution in [0.5, 0.6) is 17.2 Å².